The van der Waals surface area contributed by atoms with Crippen molar-refractivity contribution in [1.29, 1.82) is 0 Å². The van der Waals surface area contributed by atoms with E-state index in [0.29, 0.717) is 11.5 Å². The summed E-state index contributed by atoms with van der Waals surface area (Å²) in [6.07, 6.45) is 3.85. The molecule has 0 bridgehead atoms. The topological polar surface area (TPSA) is 98.6 Å². The molecule has 0 atom stereocenters. The Morgan fingerprint density at radius 3 is 2.22 bits per heavy atom. The number of aliphatic hydroxyl groups is 1. The molecule has 5 rings (SSSR count). The van der Waals surface area contributed by atoms with E-state index in [9.17, 15) is 4.79 Å². The van der Waals surface area contributed by atoms with Gasteiger partial charge in [0.15, 0.2) is 5.82 Å². The Morgan fingerprint density at radius 2 is 1.53 bits per heavy atom. The van der Waals surface area contributed by atoms with E-state index >= 15 is 0 Å². The third-order valence-corrected chi connectivity index (χ3v) is 6.49. The number of amides is 1. The molecule has 0 radical (unpaired) electrons. The second kappa shape index (κ2) is 10.7. The zero-order valence-corrected chi connectivity index (χ0v) is 20.3. The fourth-order valence-corrected chi connectivity index (χ4v) is 4.48. The fourth-order valence-electron chi connectivity index (χ4n) is 4.48. The normalized spacial score (nSPS) is 13.7. The van der Waals surface area contributed by atoms with Gasteiger partial charge < -0.3 is 19.8 Å². The first-order chi connectivity index (χ1) is 17.6. The van der Waals surface area contributed by atoms with Crippen LogP contribution in [0.3, 0.4) is 0 Å². The van der Waals surface area contributed by atoms with Crippen LogP contribution in [0.1, 0.15) is 21.6 Å². The number of nitrogens with zero attached hydrogens (tertiary/aromatic N) is 7. The van der Waals surface area contributed by atoms with Gasteiger partial charge in [-0.2, -0.15) is 5.10 Å². The highest BCUT2D eigenvalue weighted by Gasteiger charge is 2.23. The molecule has 2 aromatic heterocycles. The standard InChI is InChI=1S/C27H29N7O2/c1-32(15-16-35)26(36)21-18-28-27(29-19-21)34-13-11-33(12-14-34)25-23-10-6-5-9-22(23)24(30-31-25)17-20-7-3-2-4-8-20/h2-10,18-19,35H,11-17H2,1H3. The van der Waals surface area contributed by atoms with Crippen LogP contribution in [0, 0.1) is 0 Å². The predicted octanol–water partition coefficient (Wildman–Crippen LogP) is 2.40. The maximum atomic E-state index is 12.4. The van der Waals surface area contributed by atoms with Gasteiger partial charge in [0.2, 0.25) is 5.95 Å². The van der Waals surface area contributed by atoms with Crippen molar-refractivity contribution in [2.24, 2.45) is 0 Å². The lowest BCUT2D eigenvalue weighted by Crippen LogP contribution is -2.47. The third kappa shape index (κ3) is 4.96. The van der Waals surface area contributed by atoms with Crippen molar-refractivity contribution in [1.82, 2.24) is 25.1 Å². The van der Waals surface area contributed by atoms with Crippen LogP contribution in [0.4, 0.5) is 11.8 Å². The van der Waals surface area contributed by atoms with Gasteiger partial charge in [-0.3, -0.25) is 4.79 Å². The molecule has 1 saturated heterocycles. The summed E-state index contributed by atoms with van der Waals surface area (Å²) >= 11 is 0. The second-order valence-corrected chi connectivity index (χ2v) is 8.87. The number of hydrogen-bond acceptors (Lipinski definition) is 8. The second-order valence-electron chi connectivity index (χ2n) is 8.87. The van der Waals surface area contributed by atoms with Crippen molar-refractivity contribution in [2.45, 2.75) is 6.42 Å². The minimum absolute atomic E-state index is 0.0825. The van der Waals surface area contributed by atoms with Crippen LogP contribution in [0.15, 0.2) is 67.0 Å². The quantitative estimate of drug-likeness (QED) is 0.428. The van der Waals surface area contributed by atoms with Crippen LogP contribution in [0.25, 0.3) is 10.8 Å². The van der Waals surface area contributed by atoms with E-state index in [4.69, 9.17) is 5.11 Å². The molecule has 1 aliphatic heterocycles. The molecule has 1 amide bonds. The highest BCUT2D eigenvalue weighted by atomic mass is 16.3. The molecule has 1 aliphatic rings. The van der Waals surface area contributed by atoms with E-state index in [0.717, 1.165) is 54.9 Å². The molecule has 0 spiro atoms. The molecule has 9 nitrogen and oxygen atoms in total. The molecule has 36 heavy (non-hydrogen) atoms. The largest absolute Gasteiger partial charge is 0.395 e. The lowest BCUT2D eigenvalue weighted by Gasteiger charge is -2.35. The number of carbonyl (C=O) groups is 1. The number of carbonyl (C=O) groups excluding carboxylic acids is 1. The summed E-state index contributed by atoms with van der Waals surface area (Å²) < 4.78 is 0. The summed E-state index contributed by atoms with van der Waals surface area (Å²) in [6.45, 7) is 3.19. The summed E-state index contributed by atoms with van der Waals surface area (Å²) in [5.74, 6) is 1.29. The first-order valence-corrected chi connectivity index (χ1v) is 12.1. The van der Waals surface area contributed by atoms with Crippen LogP contribution in [0.2, 0.25) is 0 Å². The molecule has 2 aromatic carbocycles. The fraction of sp³-hybridized carbons (Fsp3) is 0.296. The number of fused-ring (bicyclic) bond motifs is 1. The number of piperazine rings is 1. The van der Waals surface area contributed by atoms with Gasteiger partial charge >= 0.3 is 0 Å². The molecule has 0 saturated carbocycles. The summed E-state index contributed by atoms with van der Waals surface area (Å²) in [6, 6.07) is 18.7. The Morgan fingerprint density at radius 1 is 0.889 bits per heavy atom. The van der Waals surface area contributed by atoms with Crippen LogP contribution >= 0.6 is 0 Å². The number of anilines is 2. The molecular formula is C27H29N7O2. The van der Waals surface area contributed by atoms with E-state index in [1.54, 1.807) is 19.4 Å². The van der Waals surface area contributed by atoms with Crippen LogP contribution in [0.5, 0.6) is 0 Å². The predicted molar refractivity (Wildman–Crippen MR) is 139 cm³/mol. The number of aliphatic hydroxyl groups excluding tert-OH is 1. The minimum atomic E-state index is -0.207. The lowest BCUT2D eigenvalue weighted by atomic mass is 10.0. The van der Waals surface area contributed by atoms with Crippen molar-refractivity contribution in [3.8, 4) is 0 Å². The maximum Gasteiger partial charge on any atom is 0.256 e. The van der Waals surface area contributed by atoms with Gasteiger partial charge in [0, 0.05) is 69.4 Å². The molecule has 1 fully saturated rings. The maximum absolute atomic E-state index is 12.4. The SMILES string of the molecule is CN(CCO)C(=O)c1cnc(N2CCN(c3nnc(Cc4ccccc4)c4ccccc34)CC2)nc1. The smallest absolute Gasteiger partial charge is 0.256 e. The Kier molecular flexibility index (Phi) is 6.99. The van der Waals surface area contributed by atoms with Gasteiger partial charge in [-0.05, 0) is 5.56 Å². The van der Waals surface area contributed by atoms with Crippen LogP contribution < -0.4 is 9.80 Å². The number of likely N-dealkylation sites (N-methyl/N-ethyl adjacent to an activating group) is 1. The summed E-state index contributed by atoms with van der Waals surface area (Å²) in [5.41, 5.74) is 2.60. The van der Waals surface area contributed by atoms with E-state index in [-0.39, 0.29) is 19.1 Å². The first-order valence-electron chi connectivity index (χ1n) is 12.1. The molecular weight excluding hydrogens is 454 g/mol. The third-order valence-electron chi connectivity index (χ3n) is 6.49. The lowest BCUT2D eigenvalue weighted by molar-refractivity contribution is 0.0766. The Hall–Kier alpha value is -4.11. The van der Waals surface area contributed by atoms with Crippen LogP contribution in [-0.4, -0.2) is 82.5 Å². The van der Waals surface area contributed by atoms with Crippen molar-refractivity contribution < 1.29 is 9.90 Å². The van der Waals surface area contributed by atoms with Gasteiger partial charge in [-0.1, -0.05) is 54.6 Å². The summed E-state index contributed by atoms with van der Waals surface area (Å²) in [4.78, 5) is 27.0. The van der Waals surface area contributed by atoms with Crippen LogP contribution in [-0.2, 0) is 6.42 Å². The van der Waals surface area contributed by atoms with E-state index in [1.807, 2.05) is 30.3 Å². The van der Waals surface area contributed by atoms with E-state index < -0.39 is 0 Å². The molecule has 3 heterocycles. The van der Waals surface area contributed by atoms with Gasteiger partial charge in [0.05, 0.1) is 17.9 Å². The first kappa shape index (κ1) is 23.6. The van der Waals surface area contributed by atoms with Gasteiger partial charge in [0.1, 0.15) is 0 Å². The molecule has 0 unspecified atom stereocenters. The molecule has 4 aromatic rings. The van der Waals surface area contributed by atoms with Gasteiger partial charge in [-0.25, -0.2) is 9.97 Å². The minimum Gasteiger partial charge on any atom is -0.395 e. The highest BCUT2D eigenvalue weighted by molar-refractivity contribution is 5.94. The highest BCUT2D eigenvalue weighted by Crippen LogP contribution is 2.28. The zero-order chi connectivity index (χ0) is 24.9. The molecule has 1 N–H and O–H groups in total. The number of benzene rings is 2. The Balaban J connectivity index is 1.29. The summed E-state index contributed by atoms with van der Waals surface area (Å²) in [5, 5.41) is 20.6. The number of rotatable bonds is 7. The Bertz CT molecular complexity index is 1320. The number of aromatic nitrogens is 4. The molecule has 9 heteroatoms. The average molecular weight is 484 g/mol. The summed E-state index contributed by atoms with van der Waals surface area (Å²) in [7, 11) is 1.65. The van der Waals surface area contributed by atoms with Gasteiger partial charge in [-0.15, -0.1) is 5.10 Å². The van der Waals surface area contributed by atoms with E-state index in [1.165, 1.54) is 10.5 Å². The Labute approximate surface area is 210 Å². The van der Waals surface area contributed by atoms with Crippen molar-refractivity contribution in [3.05, 3.63) is 83.8 Å². The van der Waals surface area contributed by atoms with Crippen molar-refractivity contribution in [2.75, 3.05) is 56.2 Å². The average Bonchev–Trinajstić information content (AvgIpc) is 2.94. The van der Waals surface area contributed by atoms with Crippen molar-refractivity contribution in [3.63, 3.8) is 0 Å². The molecule has 184 valence electrons. The molecule has 0 aliphatic carbocycles. The zero-order valence-electron chi connectivity index (χ0n) is 20.3. The van der Waals surface area contributed by atoms with E-state index in [2.05, 4.69) is 54.2 Å². The number of hydrogen-bond donors (Lipinski definition) is 1. The van der Waals surface area contributed by atoms with Gasteiger partial charge in [0.25, 0.3) is 5.91 Å². The monoisotopic (exact) mass is 483 g/mol. The van der Waals surface area contributed by atoms with Crippen molar-refractivity contribution >= 4 is 28.4 Å².